The Kier molecular flexibility index (Phi) is 3.59. The molecule has 2 aliphatic rings. The van der Waals surface area contributed by atoms with Crippen LogP contribution in [0.5, 0.6) is 0 Å². The predicted octanol–water partition coefficient (Wildman–Crippen LogP) is 1.11. The van der Waals surface area contributed by atoms with Gasteiger partial charge in [0.25, 0.3) is 0 Å². The molecule has 1 amide bonds. The Morgan fingerprint density at radius 2 is 2.12 bits per heavy atom. The van der Waals surface area contributed by atoms with Crippen molar-refractivity contribution in [3.63, 3.8) is 0 Å². The number of amides is 1. The Balaban J connectivity index is 1.49. The SMILES string of the molecule is Cn1cnn(CCC(=O)N2CC(C)(C)C2c2nccn2C2CC2)c1=O. The summed E-state index contributed by atoms with van der Waals surface area (Å²) in [7, 11) is 1.65. The van der Waals surface area contributed by atoms with Gasteiger partial charge in [0.15, 0.2) is 0 Å². The molecule has 25 heavy (non-hydrogen) atoms. The van der Waals surface area contributed by atoms with Crippen LogP contribution in [-0.2, 0) is 18.4 Å². The van der Waals surface area contributed by atoms with Crippen LogP contribution in [-0.4, -0.2) is 41.3 Å². The number of hydrogen-bond acceptors (Lipinski definition) is 4. The summed E-state index contributed by atoms with van der Waals surface area (Å²) in [5.41, 5.74) is -0.187. The third kappa shape index (κ3) is 2.69. The topological polar surface area (TPSA) is 78.0 Å². The zero-order chi connectivity index (χ0) is 17.8. The van der Waals surface area contributed by atoms with Crippen molar-refractivity contribution in [3.8, 4) is 0 Å². The zero-order valence-electron chi connectivity index (χ0n) is 14.9. The van der Waals surface area contributed by atoms with E-state index in [0.29, 0.717) is 19.1 Å². The highest BCUT2D eigenvalue weighted by molar-refractivity contribution is 5.77. The Morgan fingerprint density at radius 1 is 1.36 bits per heavy atom. The Hall–Kier alpha value is -2.38. The highest BCUT2D eigenvalue weighted by atomic mass is 16.2. The summed E-state index contributed by atoms with van der Waals surface area (Å²) in [4.78, 5) is 31.0. The fourth-order valence-electron chi connectivity index (χ4n) is 3.76. The van der Waals surface area contributed by atoms with E-state index >= 15 is 0 Å². The lowest BCUT2D eigenvalue weighted by Crippen LogP contribution is -2.58. The van der Waals surface area contributed by atoms with Crippen molar-refractivity contribution in [2.24, 2.45) is 12.5 Å². The number of carbonyl (C=O) groups excluding carboxylic acids is 1. The molecule has 2 fully saturated rings. The van der Waals surface area contributed by atoms with E-state index < -0.39 is 0 Å². The van der Waals surface area contributed by atoms with Crippen molar-refractivity contribution in [2.75, 3.05) is 6.54 Å². The van der Waals surface area contributed by atoms with Crippen LogP contribution in [0.3, 0.4) is 0 Å². The van der Waals surface area contributed by atoms with Crippen molar-refractivity contribution in [1.29, 1.82) is 0 Å². The zero-order valence-corrected chi connectivity index (χ0v) is 14.9. The van der Waals surface area contributed by atoms with Gasteiger partial charge in [0.2, 0.25) is 5.91 Å². The van der Waals surface area contributed by atoms with Crippen LogP contribution in [0.4, 0.5) is 0 Å². The molecule has 2 aromatic heterocycles. The van der Waals surface area contributed by atoms with E-state index in [-0.39, 0.29) is 29.5 Å². The minimum absolute atomic E-state index is 0.00365. The van der Waals surface area contributed by atoms with Gasteiger partial charge in [-0.05, 0) is 12.8 Å². The second kappa shape index (κ2) is 5.57. The first-order chi connectivity index (χ1) is 11.9. The average molecular weight is 344 g/mol. The van der Waals surface area contributed by atoms with Gasteiger partial charge in [-0.3, -0.25) is 9.36 Å². The number of rotatable bonds is 5. The van der Waals surface area contributed by atoms with E-state index in [1.54, 1.807) is 7.05 Å². The van der Waals surface area contributed by atoms with Gasteiger partial charge in [-0.25, -0.2) is 14.5 Å². The van der Waals surface area contributed by atoms with Gasteiger partial charge in [0.1, 0.15) is 12.2 Å². The molecular formula is C17H24N6O2. The van der Waals surface area contributed by atoms with Gasteiger partial charge in [-0.15, -0.1) is 0 Å². The van der Waals surface area contributed by atoms with Crippen LogP contribution in [0.15, 0.2) is 23.5 Å². The average Bonchev–Trinajstić information content (AvgIpc) is 3.22. The molecular weight excluding hydrogens is 320 g/mol. The number of aromatic nitrogens is 5. The lowest BCUT2D eigenvalue weighted by atomic mass is 9.74. The molecule has 0 bridgehead atoms. The summed E-state index contributed by atoms with van der Waals surface area (Å²) < 4.78 is 4.98. The third-order valence-corrected chi connectivity index (χ3v) is 5.26. The van der Waals surface area contributed by atoms with E-state index in [4.69, 9.17) is 0 Å². The summed E-state index contributed by atoms with van der Waals surface area (Å²) in [6.45, 7) is 5.37. The summed E-state index contributed by atoms with van der Waals surface area (Å²) in [5, 5.41) is 4.01. The molecule has 2 aromatic rings. The first-order valence-electron chi connectivity index (χ1n) is 8.79. The molecule has 4 rings (SSSR count). The largest absolute Gasteiger partial charge is 0.345 e. The predicted molar refractivity (Wildman–Crippen MR) is 90.8 cm³/mol. The minimum Gasteiger partial charge on any atom is -0.331 e. The molecule has 1 atom stereocenters. The van der Waals surface area contributed by atoms with Crippen LogP contribution in [0.2, 0.25) is 0 Å². The van der Waals surface area contributed by atoms with Gasteiger partial charge >= 0.3 is 5.69 Å². The van der Waals surface area contributed by atoms with Gasteiger partial charge in [-0.2, -0.15) is 5.10 Å². The smallest absolute Gasteiger partial charge is 0.331 e. The number of aryl methyl sites for hydroxylation is 2. The first-order valence-corrected chi connectivity index (χ1v) is 8.79. The highest BCUT2D eigenvalue weighted by Gasteiger charge is 2.51. The maximum atomic E-state index is 12.7. The lowest BCUT2D eigenvalue weighted by molar-refractivity contribution is -0.153. The quantitative estimate of drug-likeness (QED) is 0.814. The molecule has 0 aromatic carbocycles. The molecule has 0 radical (unpaired) electrons. The van der Waals surface area contributed by atoms with E-state index in [2.05, 4.69) is 28.5 Å². The molecule has 134 valence electrons. The second-order valence-electron chi connectivity index (χ2n) is 7.83. The Morgan fingerprint density at radius 3 is 2.72 bits per heavy atom. The monoisotopic (exact) mass is 344 g/mol. The number of imidazole rings is 1. The summed E-state index contributed by atoms with van der Waals surface area (Å²) in [5.74, 6) is 1.04. The van der Waals surface area contributed by atoms with Crippen LogP contribution < -0.4 is 5.69 Å². The first kappa shape index (κ1) is 16.1. The fourth-order valence-corrected chi connectivity index (χ4v) is 3.76. The van der Waals surface area contributed by atoms with Gasteiger partial charge < -0.3 is 9.47 Å². The molecule has 1 saturated heterocycles. The summed E-state index contributed by atoms with van der Waals surface area (Å²) >= 11 is 0. The van der Waals surface area contributed by atoms with E-state index in [9.17, 15) is 9.59 Å². The van der Waals surface area contributed by atoms with Crippen molar-refractivity contribution in [2.45, 2.75) is 51.7 Å². The maximum Gasteiger partial charge on any atom is 0.345 e. The number of nitrogens with zero attached hydrogens (tertiary/aromatic N) is 6. The fraction of sp³-hybridized carbons (Fsp3) is 0.647. The molecule has 1 saturated carbocycles. The third-order valence-electron chi connectivity index (χ3n) is 5.26. The van der Waals surface area contributed by atoms with Gasteiger partial charge in [-0.1, -0.05) is 13.8 Å². The van der Waals surface area contributed by atoms with Crippen molar-refractivity contribution in [3.05, 3.63) is 35.0 Å². The lowest BCUT2D eigenvalue weighted by Gasteiger charge is -2.53. The van der Waals surface area contributed by atoms with Gasteiger partial charge in [0, 0.05) is 43.9 Å². The van der Waals surface area contributed by atoms with Crippen LogP contribution >= 0.6 is 0 Å². The van der Waals surface area contributed by atoms with Crippen molar-refractivity contribution >= 4 is 5.91 Å². The minimum atomic E-state index is -0.197. The maximum absolute atomic E-state index is 12.7. The summed E-state index contributed by atoms with van der Waals surface area (Å²) in [6.07, 6.45) is 7.97. The molecule has 1 unspecified atom stereocenters. The molecule has 8 heteroatoms. The van der Waals surface area contributed by atoms with Crippen molar-refractivity contribution < 1.29 is 4.79 Å². The van der Waals surface area contributed by atoms with Crippen molar-refractivity contribution in [1.82, 2.24) is 28.8 Å². The van der Waals surface area contributed by atoms with Crippen LogP contribution in [0.25, 0.3) is 0 Å². The van der Waals surface area contributed by atoms with Gasteiger partial charge in [0.05, 0.1) is 12.6 Å². The highest BCUT2D eigenvalue weighted by Crippen LogP contribution is 2.49. The Labute approximate surface area is 146 Å². The van der Waals surface area contributed by atoms with E-state index in [1.807, 2.05) is 17.3 Å². The number of carbonyl (C=O) groups is 1. The molecule has 1 aliphatic heterocycles. The van der Waals surface area contributed by atoms with Crippen LogP contribution in [0, 0.1) is 5.41 Å². The molecule has 8 nitrogen and oxygen atoms in total. The van der Waals surface area contributed by atoms with Crippen LogP contribution in [0.1, 0.15) is 51.0 Å². The molecule has 0 N–H and O–H groups in total. The van der Waals surface area contributed by atoms with E-state index in [1.165, 1.54) is 28.4 Å². The second-order valence-corrected chi connectivity index (χ2v) is 7.83. The molecule has 0 spiro atoms. The van der Waals surface area contributed by atoms with E-state index in [0.717, 1.165) is 5.82 Å². The standard InChI is InChI=1S/C17H24N6O2/c1-17(2)10-22(13(24)6-8-23-16(25)20(3)11-19-23)14(17)15-18-7-9-21(15)12-4-5-12/h7,9,11-12,14H,4-6,8,10H2,1-3H3. The Bertz CT molecular complexity index is 857. The summed E-state index contributed by atoms with van der Waals surface area (Å²) in [6, 6.07) is 0.536. The normalized spacial score (nSPS) is 22.0. The number of hydrogen-bond donors (Lipinski definition) is 0. The molecule has 3 heterocycles. The molecule has 1 aliphatic carbocycles. The number of likely N-dealkylation sites (tertiary alicyclic amines) is 1.